The highest BCUT2D eigenvalue weighted by Gasteiger charge is 2.39. The molecule has 0 bridgehead atoms. The van der Waals surface area contributed by atoms with Gasteiger partial charge in [0.25, 0.3) is 5.91 Å². The number of carbonyl (C=O) groups is 5. The predicted molar refractivity (Wildman–Crippen MR) is 179 cm³/mol. The first kappa shape index (κ1) is 41.1. The number of hydrogen-bond donors (Lipinski definition) is 1. The molecule has 1 aliphatic heterocycles. The van der Waals surface area contributed by atoms with Gasteiger partial charge in [0.1, 0.15) is 12.7 Å². The van der Waals surface area contributed by atoms with Gasteiger partial charge in [-0.25, -0.2) is 0 Å². The van der Waals surface area contributed by atoms with E-state index in [-0.39, 0.29) is 31.6 Å². The largest absolute Gasteiger partial charge is 0.465 e. The number of allylic oxidation sites excluding steroid dienone is 2. The molecule has 0 aromatic rings. The molecular weight excluding hydrogens is 588 g/mol. The number of likely N-dealkylation sites (tertiary alicyclic amines) is 1. The molecule has 1 heterocycles. The minimum atomic E-state index is -1.20. The van der Waals surface area contributed by atoms with Crippen molar-refractivity contribution in [2.24, 2.45) is 5.41 Å². The Morgan fingerprint density at radius 1 is 0.804 bits per heavy atom. The quantitative estimate of drug-likeness (QED) is 0.0537. The molecule has 1 fully saturated rings. The number of ether oxygens (including phenoxy) is 3. The summed E-state index contributed by atoms with van der Waals surface area (Å²) >= 11 is 0. The third kappa shape index (κ3) is 19.6. The SMILES string of the molecule is CCCCCCCCC=CCCCCCCCC(=O)N1CCC(OC(=O)CCNC(=O)C(OC(C)=O)C(C)(C)COC(C)=O)CC1. The summed E-state index contributed by atoms with van der Waals surface area (Å²) in [5.41, 5.74) is -0.975. The highest BCUT2D eigenvalue weighted by atomic mass is 16.6. The van der Waals surface area contributed by atoms with Gasteiger partial charge in [0.05, 0.1) is 6.42 Å². The smallest absolute Gasteiger partial charge is 0.307 e. The van der Waals surface area contributed by atoms with Crippen LogP contribution in [0.25, 0.3) is 0 Å². The molecule has 46 heavy (non-hydrogen) atoms. The Morgan fingerprint density at radius 3 is 1.93 bits per heavy atom. The summed E-state index contributed by atoms with van der Waals surface area (Å²) in [6.45, 7) is 9.02. The van der Waals surface area contributed by atoms with Crippen molar-refractivity contribution < 1.29 is 38.2 Å². The lowest BCUT2D eigenvalue weighted by Gasteiger charge is -2.32. The summed E-state index contributed by atoms with van der Waals surface area (Å²) in [5.74, 6) is -2.01. The molecule has 0 saturated carbocycles. The number of nitrogens with one attached hydrogen (secondary N) is 1. The van der Waals surface area contributed by atoms with Crippen LogP contribution >= 0.6 is 0 Å². The summed E-state index contributed by atoms with van der Waals surface area (Å²) in [7, 11) is 0. The molecular formula is C36H62N2O8. The van der Waals surface area contributed by atoms with Crippen LogP contribution in [0.5, 0.6) is 0 Å². The average Bonchev–Trinajstić information content (AvgIpc) is 3.00. The predicted octanol–water partition coefficient (Wildman–Crippen LogP) is 6.59. The number of carbonyl (C=O) groups excluding carboxylic acids is 5. The molecule has 1 aliphatic rings. The zero-order valence-electron chi connectivity index (χ0n) is 29.4. The van der Waals surface area contributed by atoms with E-state index in [4.69, 9.17) is 14.2 Å². The summed E-state index contributed by atoms with van der Waals surface area (Å²) < 4.78 is 15.8. The summed E-state index contributed by atoms with van der Waals surface area (Å²) in [6.07, 6.45) is 20.9. The van der Waals surface area contributed by atoms with Gasteiger partial charge in [0.15, 0.2) is 6.10 Å². The van der Waals surface area contributed by atoms with Gasteiger partial charge in [-0.3, -0.25) is 24.0 Å². The first-order chi connectivity index (χ1) is 22.0. The number of amides is 2. The Hall–Kier alpha value is -2.91. The van der Waals surface area contributed by atoms with E-state index in [9.17, 15) is 24.0 Å². The molecule has 264 valence electrons. The van der Waals surface area contributed by atoms with Crippen LogP contribution in [0.4, 0.5) is 0 Å². The van der Waals surface area contributed by atoms with Crippen LogP contribution in [-0.4, -0.2) is 73.1 Å². The Labute approximate surface area is 277 Å². The number of esters is 3. The second-order valence-electron chi connectivity index (χ2n) is 13.2. The number of hydrogen-bond acceptors (Lipinski definition) is 8. The zero-order chi connectivity index (χ0) is 34.2. The molecule has 0 aliphatic carbocycles. The van der Waals surface area contributed by atoms with Crippen LogP contribution in [-0.2, 0) is 38.2 Å². The fourth-order valence-electron chi connectivity index (χ4n) is 5.45. The van der Waals surface area contributed by atoms with Crippen molar-refractivity contribution in [3.8, 4) is 0 Å². The zero-order valence-corrected chi connectivity index (χ0v) is 29.4. The topological polar surface area (TPSA) is 128 Å². The fraction of sp³-hybridized carbons (Fsp3) is 0.806. The van der Waals surface area contributed by atoms with E-state index < -0.39 is 35.3 Å². The number of piperidine rings is 1. The van der Waals surface area contributed by atoms with Crippen LogP contribution in [0.2, 0.25) is 0 Å². The summed E-state index contributed by atoms with van der Waals surface area (Å²) in [4.78, 5) is 62.4. The van der Waals surface area contributed by atoms with Crippen molar-refractivity contribution in [2.75, 3.05) is 26.2 Å². The molecule has 1 unspecified atom stereocenters. The van der Waals surface area contributed by atoms with E-state index in [2.05, 4.69) is 24.4 Å². The molecule has 1 saturated heterocycles. The van der Waals surface area contributed by atoms with Gasteiger partial charge in [-0.2, -0.15) is 0 Å². The van der Waals surface area contributed by atoms with Gasteiger partial charge in [-0.05, 0) is 32.1 Å². The maximum atomic E-state index is 12.7. The maximum absolute atomic E-state index is 12.7. The maximum Gasteiger partial charge on any atom is 0.307 e. The number of unbranched alkanes of at least 4 members (excludes halogenated alkanes) is 11. The molecule has 10 heteroatoms. The van der Waals surface area contributed by atoms with Gasteiger partial charge < -0.3 is 24.4 Å². The lowest BCUT2D eigenvalue weighted by molar-refractivity contribution is -0.167. The minimum absolute atomic E-state index is 0.00631. The van der Waals surface area contributed by atoms with Gasteiger partial charge in [-0.15, -0.1) is 0 Å². The third-order valence-corrected chi connectivity index (χ3v) is 8.25. The Bertz CT molecular complexity index is 940. The van der Waals surface area contributed by atoms with Crippen LogP contribution in [0.15, 0.2) is 12.2 Å². The second kappa shape index (κ2) is 24.3. The van der Waals surface area contributed by atoms with Crippen molar-refractivity contribution in [1.82, 2.24) is 10.2 Å². The molecule has 0 aromatic carbocycles. The van der Waals surface area contributed by atoms with E-state index in [1.165, 1.54) is 71.6 Å². The molecule has 0 spiro atoms. The molecule has 1 rings (SSSR count). The average molecular weight is 651 g/mol. The van der Waals surface area contributed by atoms with E-state index in [0.29, 0.717) is 32.4 Å². The molecule has 1 N–H and O–H groups in total. The summed E-state index contributed by atoms with van der Waals surface area (Å²) in [5, 5.41) is 2.61. The highest BCUT2D eigenvalue weighted by molar-refractivity contribution is 5.84. The third-order valence-electron chi connectivity index (χ3n) is 8.25. The van der Waals surface area contributed by atoms with Crippen LogP contribution in [0, 0.1) is 5.41 Å². The van der Waals surface area contributed by atoms with Crippen molar-refractivity contribution in [3.05, 3.63) is 12.2 Å². The van der Waals surface area contributed by atoms with E-state index in [1.54, 1.807) is 13.8 Å². The standard InChI is InChI=1S/C36H62N2O8/c1-6-7-8-9-10-11-12-13-14-15-16-17-18-19-20-21-32(41)38-26-23-31(24-27-38)46-33(42)22-25-37-35(43)34(45-30(3)40)36(4,5)28-44-29(2)39/h13-14,31,34H,6-12,15-28H2,1-5H3,(H,37,43). The van der Waals surface area contributed by atoms with Crippen LogP contribution in [0.1, 0.15) is 144 Å². The van der Waals surface area contributed by atoms with Crippen molar-refractivity contribution in [1.29, 1.82) is 0 Å². The fourth-order valence-corrected chi connectivity index (χ4v) is 5.45. The van der Waals surface area contributed by atoms with Gasteiger partial charge >= 0.3 is 17.9 Å². The molecule has 10 nitrogen and oxygen atoms in total. The second-order valence-corrected chi connectivity index (χ2v) is 13.2. The van der Waals surface area contributed by atoms with E-state index in [1.807, 2.05) is 4.90 Å². The van der Waals surface area contributed by atoms with E-state index >= 15 is 0 Å². The van der Waals surface area contributed by atoms with E-state index in [0.717, 1.165) is 25.7 Å². The normalized spacial score (nSPS) is 14.6. The first-order valence-corrected chi connectivity index (χ1v) is 17.7. The van der Waals surface area contributed by atoms with Crippen molar-refractivity contribution in [3.63, 3.8) is 0 Å². The van der Waals surface area contributed by atoms with Crippen molar-refractivity contribution in [2.45, 2.75) is 156 Å². The Morgan fingerprint density at radius 2 is 1.37 bits per heavy atom. The lowest BCUT2D eigenvalue weighted by Crippen LogP contribution is -2.49. The Kier molecular flexibility index (Phi) is 21.7. The first-order valence-electron chi connectivity index (χ1n) is 17.7. The lowest BCUT2D eigenvalue weighted by atomic mass is 9.86. The molecule has 2 amide bonds. The van der Waals surface area contributed by atoms with Crippen LogP contribution < -0.4 is 5.32 Å². The summed E-state index contributed by atoms with van der Waals surface area (Å²) in [6, 6.07) is 0. The Balaban J connectivity index is 2.17. The minimum Gasteiger partial charge on any atom is -0.465 e. The number of nitrogens with zero attached hydrogens (tertiary/aromatic N) is 1. The van der Waals surface area contributed by atoms with Gasteiger partial charge in [0, 0.05) is 58.2 Å². The monoisotopic (exact) mass is 650 g/mol. The molecule has 0 aromatic heterocycles. The van der Waals surface area contributed by atoms with Crippen LogP contribution in [0.3, 0.4) is 0 Å². The number of rotatable bonds is 24. The van der Waals surface area contributed by atoms with Gasteiger partial charge in [-0.1, -0.05) is 84.3 Å². The molecule has 1 atom stereocenters. The highest BCUT2D eigenvalue weighted by Crippen LogP contribution is 2.25. The molecule has 0 radical (unpaired) electrons. The van der Waals surface area contributed by atoms with Crippen molar-refractivity contribution >= 4 is 29.7 Å². The van der Waals surface area contributed by atoms with Gasteiger partial charge in [0.2, 0.25) is 5.91 Å².